The highest BCUT2D eigenvalue weighted by Gasteiger charge is 2.25. The summed E-state index contributed by atoms with van der Waals surface area (Å²) in [7, 11) is 1.68. The minimum Gasteiger partial charge on any atom is -0.491 e. The number of hydrogen-bond donors (Lipinski definition) is 0. The molecule has 0 N–H and O–H groups in total. The van der Waals surface area contributed by atoms with Crippen LogP contribution in [0.5, 0.6) is 5.75 Å². The molecule has 1 aliphatic heterocycles. The highest BCUT2D eigenvalue weighted by molar-refractivity contribution is 9.10. The average molecular weight is 389 g/mol. The second-order valence-corrected chi connectivity index (χ2v) is 7.08. The molecule has 0 aliphatic carbocycles. The van der Waals surface area contributed by atoms with Crippen LogP contribution in [-0.4, -0.2) is 58.0 Å². The van der Waals surface area contributed by atoms with Gasteiger partial charge >= 0.3 is 0 Å². The van der Waals surface area contributed by atoms with Crippen LogP contribution >= 0.6 is 15.9 Å². The fraction of sp³-hybridized carbons (Fsp3) is 0.647. The van der Waals surface area contributed by atoms with Gasteiger partial charge in [0.1, 0.15) is 24.6 Å². The first-order valence-electron chi connectivity index (χ1n) is 7.73. The molecule has 0 radical (unpaired) electrons. The van der Waals surface area contributed by atoms with Gasteiger partial charge in [-0.15, -0.1) is 0 Å². The first-order chi connectivity index (χ1) is 11.0. The minimum atomic E-state index is -0.292. The molecule has 0 spiro atoms. The fourth-order valence-corrected chi connectivity index (χ4v) is 2.34. The number of rotatable bonds is 8. The number of ether oxygens (including phenoxy) is 5. The summed E-state index contributed by atoms with van der Waals surface area (Å²) >= 11 is 3.40. The molecule has 23 heavy (non-hydrogen) atoms. The van der Waals surface area contributed by atoms with E-state index in [9.17, 15) is 0 Å². The summed E-state index contributed by atoms with van der Waals surface area (Å²) in [6, 6.07) is 7.73. The zero-order chi connectivity index (χ0) is 16.7. The fourth-order valence-electron chi connectivity index (χ4n) is 2.07. The lowest BCUT2D eigenvalue weighted by Crippen LogP contribution is -2.42. The summed E-state index contributed by atoms with van der Waals surface area (Å²) in [5, 5.41) is 0. The third-order valence-corrected chi connectivity index (χ3v) is 4.08. The van der Waals surface area contributed by atoms with Gasteiger partial charge < -0.3 is 23.7 Å². The maximum atomic E-state index is 5.96. The molecule has 0 bridgehead atoms. The Bertz CT molecular complexity index is 463. The van der Waals surface area contributed by atoms with Crippen molar-refractivity contribution in [1.82, 2.24) is 0 Å². The molecule has 5 nitrogen and oxygen atoms in total. The van der Waals surface area contributed by atoms with Crippen LogP contribution in [0.15, 0.2) is 28.7 Å². The molecule has 1 aromatic carbocycles. The molecule has 0 aromatic heterocycles. The van der Waals surface area contributed by atoms with Crippen LogP contribution in [0.25, 0.3) is 0 Å². The summed E-state index contributed by atoms with van der Waals surface area (Å²) in [6.45, 7) is 6.52. The van der Waals surface area contributed by atoms with Gasteiger partial charge in [-0.05, 0) is 38.1 Å². The third-order valence-electron chi connectivity index (χ3n) is 3.55. The van der Waals surface area contributed by atoms with Gasteiger partial charge in [0.15, 0.2) is 0 Å². The van der Waals surface area contributed by atoms with E-state index in [0.717, 1.165) is 10.2 Å². The first-order valence-corrected chi connectivity index (χ1v) is 8.52. The second-order valence-electron chi connectivity index (χ2n) is 6.16. The molecule has 2 atom stereocenters. The van der Waals surface area contributed by atoms with E-state index in [1.165, 1.54) is 0 Å². The van der Waals surface area contributed by atoms with Crippen molar-refractivity contribution >= 4 is 15.9 Å². The summed E-state index contributed by atoms with van der Waals surface area (Å²) in [5.41, 5.74) is -0.292. The highest BCUT2D eigenvalue weighted by Crippen LogP contribution is 2.17. The predicted molar refractivity (Wildman–Crippen MR) is 91.0 cm³/mol. The summed E-state index contributed by atoms with van der Waals surface area (Å²) < 4.78 is 29.3. The van der Waals surface area contributed by atoms with Crippen molar-refractivity contribution in [2.45, 2.75) is 31.7 Å². The summed E-state index contributed by atoms with van der Waals surface area (Å²) in [6.07, 6.45) is -0.161. The maximum absolute atomic E-state index is 5.96. The van der Waals surface area contributed by atoms with Crippen molar-refractivity contribution in [2.75, 3.05) is 40.1 Å². The Morgan fingerprint density at radius 1 is 1.13 bits per heavy atom. The van der Waals surface area contributed by atoms with Gasteiger partial charge in [0, 0.05) is 11.6 Å². The zero-order valence-electron chi connectivity index (χ0n) is 13.9. The van der Waals surface area contributed by atoms with Crippen molar-refractivity contribution in [2.24, 2.45) is 0 Å². The van der Waals surface area contributed by atoms with Crippen LogP contribution in [-0.2, 0) is 18.9 Å². The van der Waals surface area contributed by atoms with Gasteiger partial charge in [0.05, 0.1) is 32.0 Å². The Kier molecular flexibility index (Phi) is 7.30. The molecule has 6 heteroatoms. The van der Waals surface area contributed by atoms with Crippen LogP contribution in [0.2, 0.25) is 0 Å². The van der Waals surface area contributed by atoms with Crippen LogP contribution in [0.4, 0.5) is 0 Å². The molecule has 0 saturated carbocycles. The normalized spacial score (nSPS) is 22.1. The van der Waals surface area contributed by atoms with E-state index in [-0.39, 0.29) is 17.8 Å². The first kappa shape index (κ1) is 18.7. The van der Waals surface area contributed by atoms with E-state index < -0.39 is 0 Å². The number of methoxy groups -OCH3 is 1. The van der Waals surface area contributed by atoms with Gasteiger partial charge in [-0.1, -0.05) is 15.9 Å². The molecule has 1 aliphatic rings. The molecule has 1 aromatic rings. The number of hydrogen-bond acceptors (Lipinski definition) is 5. The Morgan fingerprint density at radius 3 is 2.43 bits per heavy atom. The Hall–Kier alpha value is -0.660. The van der Waals surface area contributed by atoms with E-state index in [2.05, 4.69) is 15.9 Å². The largest absolute Gasteiger partial charge is 0.491 e. The van der Waals surface area contributed by atoms with Crippen LogP contribution in [0.3, 0.4) is 0 Å². The topological polar surface area (TPSA) is 46.2 Å². The third kappa shape index (κ3) is 6.77. The van der Waals surface area contributed by atoms with E-state index in [1.54, 1.807) is 7.11 Å². The van der Waals surface area contributed by atoms with Crippen LogP contribution < -0.4 is 4.74 Å². The Balaban J connectivity index is 1.69. The molecule has 2 rings (SSSR count). The van der Waals surface area contributed by atoms with Gasteiger partial charge in [0.2, 0.25) is 0 Å². The lowest BCUT2D eigenvalue weighted by atomic mass is 10.1. The molecule has 1 heterocycles. The van der Waals surface area contributed by atoms with Gasteiger partial charge in [-0.2, -0.15) is 0 Å². The van der Waals surface area contributed by atoms with Crippen molar-refractivity contribution in [3.63, 3.8) is 0 Å². The Morgan fingerprint density at radius 2 is 1.78 bits per heavy atom. The molecule has 130 valence electrons. The highest BCUT2D eigenvalue weighted by atomic mass is 79.9. The van der Waals surface area contributed by atoms with Crippen molar-refractivity contribution in [3.05, 3.63) is 28.7 Å². The molecule has 1 fully saturated rings. The van der Waals surface area contributed by atoms with Crippen molar-refractivity contribution in [1.29, 1.82) is 0 Å². The Labute approximate surface area is 146 Å². The molecular weight excluding hydrogens is 364 g/mol. The SMILES string of the molecule is COC(C)(C)COCC1COCC(COc2ccc(Br)cc2)O1. The van der Waals surface area contributed by atoms with Crippen LogP contribution in [0, 0.1) is 0 Å². The minimum absolute atomic E-state index is 0.0741. The van der Waals surface area contributed by atoms with E-state index in [0.29, 0.717) is 33.0 Å². The van der Waals surface area contributed by atoms with Crippen molar-refractivity contribution in [3.8, 4) is 5.75 Å². The molecule has 0 amide bonds. The number of benzene rings is 1. The van der Waals surface area contributed by atoms with Gasteiger partial charge in [-0.3, -0.25) is 0 Å². The maximum Gasteiger partial charge on any atom is 0.119 e. The second kappa shape index (κ2) is 8.99. The molecular formula is C17H25BrO5. The van der Waals surface area contributed by atoms with Gasteiger partial charge in [-0.25, -0.2) is 0 Å². The average Bonchev–Trinajstić information content (AvgIpc) is 2.55. The molecule has 1 saturated heterocycles. The van der Waals surface area contributed by atoms with E-state index in [4.69, 9.17) is 23.7 Å². The smallest absolute Gasteiger partial charge is 0.119 e. The number of halogens is 1. The summed E-state index contributed by atoms with van der Waals surface area (Å²) in [5.74, 6) is 0.817. The summed E-state index contributed by atoms with van der Waals surface area (Å²) in [4.78, 5) is 0. The van der Waals surface area contributed by atoms with Gasteiger partial charge in [0.25, 0.3) is 0 Å². The lowest BCUT2D eigenvalue weighted by molar-refractivity contribution is -0.172. The standard InChI is InChI=1S/C17H25BrO5/c1-17(2,19-3)12-21-10-15-8-20-9-16(23-15)11-22-14-6-4-13(18)5-7-14/h4-7,15-16H,8-12H2,1-3H3. The lowest BCUT2D eigenvalue weighted by Gasteiger charge is -2.31. The zero-order valence-corrected chi connectivity index (χ0v) is 15.5. The van der Waals surface area contributed by atoms with E-state index in [1.807, 2.05) is 38.1 Å². The molecule has 2 unspecified atom stereocenters. The predicted octanol–water partition coefficient (Wildman–Crippen LogP) is 3.05. The van der Waals surface area contributed by atoms with E-state index >= 15 is 0 Å². The van der Waals surface area contributed by atoms with Crippen LogP contribution in [0.1, 0.15) is 13.8 Å². The monoisotopic (exact) mass is 388 g/mol. The quantitative estimate of drug-likeness (QED) is 0.684. The van der Waals surface area contributed by atoms with Crippen molar-refractivity contribution < 1.29 is 23.7 Å².